The lowest BCUT2D eigenvalue weighted by Gasteiger charge is -2.31. The highest BCUT2D eigenvalue weighted by atomic mass is 16.3. The lowest BCUT2D eigenvalue weighted by molar-refractivity contribution is -0.103. The highest BCUT2D eigenvalue weighted by molar-refractivity contribution is 4.64. The topological polar surface area (TPSA) is 69.7 Å². The molecule has 13 heavy (non-hydrogen) atoms. The van der Waals surface area contributed by atoms with Gasteiger partial charge in [-0.1, -0.05) is 13.8 Å². The van der Waals surface area contributed by atoms with Gasteiger partial charge in [0.15, 0.2) is 0 Å². The summed E-state index contributed by atoms with van der Waals surface area (Å²) in [4.78, 5) is 1.69. The van der Waals surface area contributed by atoms with Gasteiger partial charge in [0.2, 0.25) is 0 Å². The molecule has 0 rings (SSSR count). The second kappa shape index (κ2) is 7.26. The molecule has 80 valence electrons. The SMILES string of the molecule is CCC(O)N(CCCN)C(O)CC. The summed E-state index contributed by atoms with van der Waals surface area (Å²) in [6.45, 7) is 5.02. The zero-order valence-electron chi connectivity index (χ0n) is 8.61. The number of nitrogens with zero attached hydrogens (tertiary/aromatic N) is 1. The molecule has 0 aromatic rings. The molecule has 2 unspecified atom stereocenters. The van der Waals surface area contributed by atoms with Crippen molar-refractivity contribution in [2.45, 2.75) is 45.6 Å². The van der Waals surface area contributed by atoms with Crippen LogP contribution in [0.3, 0.4) is 0 Å². The molecule has 0 aliphatic carbocycles. The van der Waals surface area contributed by atoms with Gasteiger partial charge < -0.3 is 15.9 Å². The molecule has 0 saturated heterocycles. The second-order valence-electron chi connectivity index (χ2n) is 3.16. The molecule has 0 aromatic carbocycles. The van der Waals surface area contributed by atoms with E-state index in [-0.39, 0.29) is 0 Å². The van der Waals surface area contributed by atoms with Crippen molar-refractivity contribution in [2.24, 2.45) is 5.73 Å². The van der Waals surface area contributed by atoms with Crippen LogP contribution >= 0.6 is 0 Å². The predicted octanol–water partition coefficient (Wildman–Crippen LogP) is 0.0940. The minimum Gasteiger partial charge on any atom is -0.378 e. The Bertz CT molecular complexity index is 112. The average molecular weight is 190 g/mol. The molecule has 0 spiro atoms. The van der Waals surface area contributed by atoms with Gasteiger partial charge in [0.25, 0.3) is 0 Å². The van der Waals surface area contributed by atoms with Gasteiger partial charge in [-0.3, -0.25) is 4.90 Å². The minimum atomic E-state index is -0.554. The number of aliphatic hydroxyl groups is 2. The largest absolute Gasteiger partial charge is 0.378 e. The van der Waals surface area contributed by atoms with Gasteiger partial charge >= 0.3 is 0 Å². The Morgan fingerprint density at radius 1 is 1.15 bits per heavy atom. The van der Waals surface area contributed by atoms with Crippen molar-refractivity contribution in [1.29, 1.82) is 0 Å². The molecule has 4 nitrogen and oxygen atoms in total. The van der Waals surface area contributed by atoms with Crippen molar-refractivity contribution in [1.82, 2.24) is 4.90 Å². The number of hydrogen-bond acceptors (Lipinski definition) is 4. The Morgan fingerprint density at radius 3 is 1.92 bits per heavy atom. The fraction of sp³-hybridized carbons (Fsp3) is 1.00. The number of nitrogens with two attached hydrogens (primary N) is 1. The molecule has 4 heteroatoms. The Hall–Kier alpha value is -0.160. The average Bonchev–Trinajstić information content (AvgIpc) is 2.17. The molecule has 2 atom stereocenters. The van der Waals surface area contributed by atoms with E-state index in [1.807, 2.05) is 13.8 Å². The summed E-state index contributed by atoms with van der Waals surface area (Å²) in [7, 11) is 0. The molecule has 0 bridgehead atoms. The van der Waals surface area contributed by atoms with Gasteiger partial charge in [-0.2, -0.15) is 0 Å². The number of aliphatic hydroxyl groups excluding tert-OH is 2. The maximum Gasteiger partial charge on any atom is 0.109 e. The van der Waals surface area contributed by atoms with Gasteiger partial charge in [0.05, 0.1) is 0 Å². The van der Waals surface area contributed by atoms with E-state index in [4.69, 9.17) is 5.73 Å². The van der Waals surface area contributed by atoms with Gasteiger partial charge in [-0.05, 0) is 25.8 Å². The highest BCUT2D eigenvalue weighted by Crippen LogP contribution is 2.08. The zero-order chi connectivity index (χ0) is 10.3. The van der Waals surface area contributed by atoms with E-state index in [0.29, 0.717) is 25.9 Å². The highest BCUT2D eigenvalue weighted by Gasteiger charge is 2.19. The van der Waals surface area contributed by atoms with Crippen LogP contribution in [0.5, 0.6) is 0 Å². The molecule has 0 aromatic heterocycles. The Kier molecular flexibility index (Phi) is 7.17. The summed E-state index contributed by atoms with van der Waals surface area (Å²) in [5, 5.41) is 19.1. The predicted molar refractivity (Wildman–Crippen MR) is 53.0 cm³/mol. The summed E-state index contributed by atoms with van der Waals surface area (Å²) in [6.07, 6.45) is 0.945. The zero-order valence-corrected chi connectivity index (χ0v) is 8.61. The van der Waals surface area contributed by atoms with Gasteiger partial charge in [-0.25, -0.2) is 0 Å². The first-order valence-electron chi connectivity index (χ1n) is 4.99. The van der Waals surface area contributed by atoms with Crippen LogP contribution < -0.4 is 5.73 Å². The third-order valence-corrected chi connectivity index (χ3v) is 2.12. The molecule has 0 aliphatic rings. The van der Waals surface area contributed by atoms with Crippen LogP contribution in [0, 0.1) is 0 Å². The van der Waals surface area contributed by atoms with Crippen LogP contribution in [-0.4, -0.2) is 40.7 Å². The third-order valence-electron chi connectivity index (χ3n) is 2.12. The summed E-state index contributed by atoms with van der Waals surface area (Å²) in [5.41, 5.74) is 5.37. The van der Waals surface area contributed by atoms with E-state index in [9.17, 15) is 10.2 Å². The molecule has 0 aliphatic heterocycles. The van der Waals surface area contributed by atoms with Crippen LogP contribution in [0.15, 0.2) is 0 Å². The normalized spacial score (nSPS) is 16.2. The molecule has 0 amide bonds. The van der Waals surface area contributed by atoms with E-state index in [2.05, 4.69) is 0 Å². The fourth-order valence-electron chi connectivity index (χ4n) is 1.24. The van der Waals surface area contributed by atoms with E-state index in [1.165, 1.54) is 0 Å². The first kappa shape index (κ1) is 12.8. The summed E-state index contributed by atoms with van der Waals surface area (Å²) in [5.74, 6) is 0. The van der Waals surface area contributed by atoms with Crippen molar-refractivity contribution >= 4 is 0 Å². The van der Waals surface area contributed by atoms with Crippen LogP contribution in [-0.2, 0) is 0 Å². The molecule has 4 N–H and O–H groups in total. The molecular formula is C9H22N2O2. The Labute approximate surface area is 80.3 Å². The van der Waals surface area contributed by atoms with E-state index < -0.39 is 12.5 Å². The van der Waals surface area contributed by atoms with Crippen molar-refractivity contribution in [3.05, 3.63) is 0 Å². The van der Waals surface area contributed by atoms with Crippen LogP contribution in [0.2, 0.25) is 0 Å². The number of rotatable bonds is 7. The van der Waals surface area contributed by atoms with Gasteiger partial charge in [0, 0.05) is 6.54 Å². The molecule has 0 radical (unpaired) electrons. The van der Waals surface area contributed by atoms with Crippen molar-refractivity contribution in [3.63, 3.8) is 0 Å². The van der Waals surface area contributed by atoms with Gasteiger partial charge in [-0.15, -0.1) is 0 Å². The molecule has 0 saturated carbocycles. The monoisotopic (exact) mass is 190 g/mol. The summed E-state index contributed by atoms with van der Waals surface area (Å²) >= 11 is 0. The molecule has 0 heterocycles. The summed E-state index contributed by atoms with van der Waals surface area (Å²) < 4.78 is 0. The number of hydrogen-bond donors (Lipinski definition) is 3. The minimum absolute atomic E-state index is 0.554. The maximum atomic E-state index is 9.57. The molecule has 0 fully saturated rings. The lowest BCUT2D eigenvalue weighted by Crippen LogP contribution is -2.43. The quantitative estimate of drug-likeness (QED) is 0.498. The van der Waals surface area contributed by atoms with Crippen molar-refractivity contribution in [2.75, 3.05) is 13.1 Å². The Morgan fingerprint density at radius 2 is 1.62 bits per heavy atom. The maximum absolute atomic E-state index is 9.57. The van der Waals surface area contributed by atoms with Crippen LogP contribution in [0.4, 0.5) is 0 Å². The third kappa shape index (κ3) is 4.57. The van der Waals surface area contributed by atoms with E-state index in [0.717, 1.165) is 6.42 Å². The lowest BCUT2D eigenvalue weighted by atomic mass is 10.2. The standard InChI is InChI=1S/C9H22N2O2/c1-3-8(12)11(7-5-6-10)9(13)4-2/h8-9,12-13H,3-7,10H2,1-2H3. The molecular weight excluding hydrogens is 168 g/mol. The smallest absolute Gasteiger partial charge is 0.109 e. The summed E-state index contributed by atoms with van der Waals surface area (Å²) in [6, 6.07) is 0. The van der Waals surface area contributed by atoms with Gasteiger partial charge in [0.1, 0.15) is 12.5 Å². The first-order chi connectivity index (χ1) is 6.17. The van der Waals surface area contributed by atoms with E-state index >= 15 is 0 Å². The van der Waals surface area contributed by atoms with Crippen LogP contribution in [0.25, 0.3) is 0 Å². The second-order valence-corrected chi connectivity index (χ2v) is 3.16. The Balaban J connectivity index is 4.01. The van der Waals surface area contributed by atoms with E-state index in [1.54, 1.807) is 4.90 Å². The van der Waals surface area contributed by atoms with Crippen molar-refractivity contribution in [3.8, 4) is 0 Å². The van der Waals surface area contributed by atoms with Crippen LogP contribution in [0.1, 0.15) is 33.1 Å². The first-order valence-corrected chi connectivity index (χ1v) is 4.99. The van der Waals surface area contributed by atoms with Crippen molar-refractivity contribution < 1.29 is 10.2 Å². The fourth-order valence-corrected chi connectivity index (χ4v) is 1.24.